The van der Waals surface area contributed by atoms with Gasteiger partial charge in [-0.3, -0.25) is 13.9 Å². The molecule has 40 heavy (non-hydrogen) atoms. The molecule has 7 nitrogen and oxygen atoms in total. The average molecular weight is 584 g/mol. The average Bonchev–Trinajstić information content (AvgIpc) is 3.19. The molecular weight excluding hydrogens is 553 g/mol. The molecule has 1 unspecified atom stereocenters. The molecule has 2 heterocycles. The van der Waals surface area contributed by atoms with Crippen LogP contribution in [-0.4, -0.2) is 44.3 Å². The number of halogens is 2. The Morgan fingerprint density at radius 1 is 1.02 bits per heavy atom. The smallest absolute Gasteiger partial charge is 0.264 e. The van der Waals surface area contributed by atoms with Crippen molar-refractivity contribution in [2.75, 3.05) is 22.7 Å². The summed E-state index contributed by atoms with van der Waals surface area (Å²) in [6.45, 7) is 6.48. The summed E-state index contributed by atoms with van der Waals surface area (Å²) in [5, 5.41) is 3.24. The third-order valence-corrected chi connectivity index (χ3v) is 10.2. The van der Waals surface area contributed by atoms with Crippen LogP contribution in [0.25, 0.3) is 0 Å². The predicted octanol–water partition coefficient (Wildman–Crippen LogP) is 5.85. The zero-order valence-electron chi connectivity index (χ0n) is 22.5. The molecule has 2 amide bonds. The Hall–Kier alpha value is -3.43. The van der Waals surface area contributed by atoms with Crippen molar-refractivity contribution in [1.29, 1.82) is 0 Å². The van der Waals surface area contributed by atoms with E-state index in [0.29, 0.717) is 47.9 Å². The molecule has 1 fully saturated rings. The number of fused-ring (bicyclic) bond motifs is 2. The van der Waals surface area contributed by atoms with Crippen molar-refractivity contribution in [3.05, 3.63) is 88.7 Å². The second-order valence-corrected chi connectivity index (χ2v) is 13.0. The van der Waals surface area contributed by atoms with E-state index < -0.39 is 27.3 Å². The van der Waals surface area contributed by atoms with E-state index in [-0.39, 0.29) is 22.6 Å². The summed E-state index contributed by atoms with van der Waals surface area (Å²) in [6, 6.07) is 16.4. The van der Waals surface area contributed by atoms with E-state index in [1.165, 1.54) is 23.4 Å². The molecule has 0 aromatic heterocycles. The van der Waals surface area contributed by atoms with Crippen LogP contribution in [0.15, 0.2) is 71.6 Å². The molecule has 210 valence electrons. The fraction of sp³-hybridized carbons (Fsp3) is 0.333. The second-order valence-electron chi connectivity index (χ2n) is 10.8. The standard InChI is InChI=1S/C30H31ClFN3O4S/c1-19(2)28-30(14-16-34(17-15-30)20(3)36)25-18-22(33-29(37)24-6-4-5-7-26(24)31)10-13-27(25)35(28)40(38,39)23-11-8-21(32)9-12-23/h4-13,18-19,28H,14-17H2,1-3H3,(H,33,37). The van der Waals surface area contributed by atoms with Gasteiger partial charge in [0.05, 0.1) is 27.2 Å². The lowest BCUT2D eigenvalue weighted by Gasteiger charge is -2.46. The van der Waals surface area contributed by atoms with Gasteiger partial charge in [-0.25, -0.2) is 12.8 Å². The van der Waals surface area contributed by atoms with E-state index in [0.717, 1.165) is 17.7 Å². The molecule has 10 heteroatoms. The molecule has 0 aliphatic carbocycles. The largest absolute Gasteiger partial charge is 0.343 e. The number of benzene rings is 3. The zero-order valence-corrected chi connectivity index (χ0v) is 24.1. The van der Waals surface area contributed by atoms with E-state index in [1.54, 1.807) is 41.3 Å². The van der Waals surface area contributed by atoms with E-state index in [2.05, 4.69) is 5.32 Å². The van der Waals surface area contributed by atoms with Crippen LogP contribution >= 0.6 is 11.6 Å². The number of hydrogen-bond donors (Lipinski definition) is 1. The number of nitrogens with zero attached hydrogens (tertiary/aromatic N) is 2. The van der Waals surface area contributed by atoms with Crippen LogP contribution in [0.3, 0.4) is 0 Å². The molecule has 1 spiro atoms. The maximum Gasteiger partial charge on any atom is 0.264 e. The van der Waals surface area contributed by atoms with Crippen molar-refractivity contribution < 1.29 is 22.4 Å². The summed E-state index contributed by atoms with van der Waals surface area (Å²) in [5.41, 5.74) is 1.57. The van der Waals surface area contributed by atoms with Gasteiger partial charge in [0.2, 0.25) is 5.91 Å². The number of carbonyl (C=O) groups is 2. The van der Waals surface area contributed by atoms with Crippen molar-refractivity contribution in [2.24, 2.45) is 5.92 Å². The highest BCUT2D eigenvalue weighted by Gasteiger charge is 2.56. The van der Waals surface area contributed by atoms with Gasteiger partial charge in [0, 0.05) is 31.1 Å². The van der Waals surface area contributed by atoms with Gasteiger partial charge in [0.15, 0.2) is 0 Å². The summed E-state index contributed by atoms with van der Waals surface area (Å²) in [6.07, 6.45) is 1.11. The van der Waals surface area contributed by atoms with E-state index in [4.69, 9.17) is 11.6 Å². The second kappa shape index (κ2) is 10.5. The van der Waals surface area contributed by atoms with E-state index >= 15 is 0 Å². The monoisotopic (exact) mass is 583 g/mol. The number of carbonyl (C=O) groups excluding carboxylic acids is 2. The highest BCUT2D eigenvalue weighted by atomic mass is 35.5. The van der Waals surface area contributed by atoms with Gasteiger partial charge in [-0.1, -0.05) is 37.6 Å². The maximum atomic E-state index is 14.2. The maximum absolute atomic E-state index is 14.2. The minimum absolute atomic E-state index is 0.000166. The minimum atomic E-state index is -4.07. The lowest BCUT2D eigenvalue weighted by Crippen LogP contribution is -2.55. The number of hydrogen-bond acceptors (Lipinski definition) is 4. The molecule has 3 aromatic rings. The lowest BCUT2D eigenvalue weighted by molar-refractivity contribution is -0.130. The SMILES string of the molecule is CC(=O)N1CCC2(CC1)c1cc(NC(=O)c3ccccc3Cl)ccc1N(S(=O)(=O)c1ccc(F)cc1)C2C(C)C. The van der Waals surface area contributed by atoms with Crippen molar-refractivity contribution in [3.8, 4) is 0 Å². The molecule has 5 rings (SSSR count). The molecule has 0 bridgehead atoms. The highest BCUT2D eigenvalue weighted by molar-refractivity contribution is 7.92. The fourth-order valence-corrected chi connectivity index (χ4v) is 8.37. The van der Waals surface area contributed by atoms with E-state index in [9.17, 15) is 22.4 Å². The van der Waals surface area contributed by atoms with E-state index in [1.807, 2.05) is 19.9 Å². The van der Waals surface area contributed by atoms with Crippen LogP contribution in [0.2, 0.25) is 5.02 Å². The number of anilines is 2. The first-order valence-corrected chi connectivity index (χ1v) is 15.0. The molecule has 1 N–H and O–H groups in total. The van der Waals surface area contributed by atoms with Crippen LogP contribution < -0.4 is 9.62 Å². The Kier molecular flexibility index (Phi) is 7.39. The topological polar surface area (TPSA) is 86.8 Å². The third-order valence-electron chi connectivity index (χ3n) is 8.07. The predicted molar refractivity (Wildman–Crippen MR) is 154 cm³/mol. The van der Waals surface area contributed by atoms with Crippen LogP contribution in [0, 0.1) is 11.7 Å². The summed E-state index contributed by atoms with van der Waals surface area (Å²) < 4.78 is 43.5. The molecule has 0 radical (unpaired) electrons. The molecule has 2 aliphatic rings. The molecule has 2 aliphatic heterocycles. The van der Waals surface area contributed by atoms with Crippen molar-refractivity contribution in [2.45, 2.75) is 50.0 Å². The Labute approximate surface area is 239 Å². The molecule has 3 aromatic carbocycles. The van der Waals surface area contributed by atoms with Crippen LogP contribution in [-0.2, 0) is 20.2 Å². The molecule has 0 saturated carbocycles. The number of rotatable bonds is 5. The third kappa shape index (κ3) is 4.75. The number of sulfonamides is 1. The quantitative estimate of drug-likeness (QED) is 0.408. The number of nitrogens with one attached hydrogen (secondary N) is 1. The van der Waals surface area contributed by atoms with Crippen molar-refractivity contribution in [1.82, 2.24) is 4.90 Å². The molecule has 1 atom stereocenters. The van der Waals surface area contributed by atoms with Gasteiger partial charge in [-0.2, -0.15) is 0 Å². The Morgan fingerprint density at radius 2 is 1.68 bits per heavy atom. The Bertz CT molecular complexity index is 1570. The summed E-state index contributed by atoms with van der Waals surface area (Å²) in [7, 11) is -4.07. The zero-order chi connectivity index (χ0) is 28.8. The Morgan fingerprint density at radius 3 is 2.27 bits per heavy atom. The van der Waals surface area contributed by atoms with Crippen molar-refractivity contribution >= 4 is 44.8 Å². The fourth-order valence-electron chi connectivity index (χ4n) is 6.28. The number of piperidine rings is 1. The highest BCUT2D eigenvalue weighted by Crippen LogP contribution is 2.55. The van der Waals surface area contributed by atoms with Crippen molar-refractivity contribution in [3.63, 3.8) is 0 Å². The first-order valence-electron chi connectivity index (χ1n) is 13.2. The van der Waals surface area contributed by atoms with Gasteiger partial charge in [-0.05, 0) is 78.9 Å². The summed E-state index contributed by atoms with van der Waals surface area (Å²) in [4.78, 5) is 27.0. The van der Waals surface area contributed by atoms with Gasteiger partial charge in [0.25, 0.3) is 15.9 Å². The number of amides is 2. The lowest BCUT2D eigenvalue weighted by atomic mass is 9.66. The first-order chi connectivity index (χ1) is 19.0. The van der Waals surface area contributed by atoms with Gasteiger partial charge in [-0.15, -0.1) is 0 Å². The van der Waals surface area contributed by atoms with Gasteiger partial charge < -0.3 is 10.2 Å². The molecule has 1 saturated heterocycles. The van der Waals surface area contributed by atoms with Crippen LogP contribution in [0.4, 0.5) is 15.8 Å². The first kappa shape index (κ1) is 28.1. The summed E-state index contributed by atoms with van der Waals surface area (Å²) in [5.74, 6) is -1.01. The van der Waals surface area contributed by atoms with Crippen LogP contribution in [0.5, 0.6) is 0 Å². The van der Waals surface area contributed by atoms with Gasteiger partial charge in [0.1, 0.15) is 5.82 Å². The summed E-state index contributed by atoms with van der Waals surface area (Å²) >= 11 is 6.24. The molecular formula is C30H31ClFN3O4S. The Balaban J connectivity index is 1.63. The normalized spacial score (nSPS) is 18.2. The minimum Gasteiger partial charge on any atom is -0.343 e. The van der Waals surface area contributed by atoms with Crippen LogP contribution in [0.1, 0.15) is 49.5 Å². The number of likely N-dealkylation sites (tertiary alicyclic amines) is 1. The van der Waals surface area contributed by atoms with Gasteiger partial charge >= 0.3 is 0 Å².